The highest BCUT2D eigenvalue weighted by Crippen LogP contribution is 2.31. The van der Waals surface area contributed by atoms with Crippen molar-refractivity contribution >= 4 is 11.8 Å². The molecule has 2 unspecified atom stereocenters. The van der Waals surface area contributed by atoms with Gasteiger partial charge in [-0.05, 0) is 37.6 Å². The van der Waals surface area contributed by atoms with Crippen LogP contribution in [0.25, 0.3) is 0 Å². The molecular formula is C13H23F3N2S. The summed E-state index contributed by atoms with van der Waals surface area (Å²) in [6, 6.07) is 1.01. The molecule has 0 aromatic heterocycles. The van der Waals surface area contributed by atoms with Crippen LogP contribution in [-0.2, 0) is 0 Å². The molecule has 112 valence electrons. The molecule has 2 fully saturated rings. The summed E-state index contributed by atoms with van der Waals surface area (Å²) in [6.45, 7) is 5.87. The van der Waals surface area contributed by atoms with E-state index in [0.29, 0.717) is 18.6 Å². The van der Waals surface area contributed by atoms with Crippen LogP contribution in [0.15, 0.2) is 0 Å². The number of thioether (sulfide) groups is 1. The Hall–Kier alpha value is 0.0600. The number of halogens is 3. The van der Waals surface area contributed by atoms with Crippen LogP contribution >= 0.6 is 11.8 Å². The van der Waals surface area contributed by atoms with E-state index in [-0.39, 0.29) is 17.5 Å². The Morgan fingerprint density at radius 3 is 2.68 bits per heavy atom. The molecule has 2 aliphatic rings. The van der Waals surface area contributed by atoms with Crippen LogP contribution in [0.5, 0.6) is 0 Å². The minimum Gasteiger partial charge on any atom is -0.298 e. The van der Waals surface area contributed by atoms with Gasteiger partial charge in [0.2, 0.25) is 0 Å². The van der Waals surface area contributed by atoms with Gasteiger partial charge in [-0.3, -0.25) is 9.80 Å². The maximum Gasteiger partial charge on any atom is 0.441 e. The zero-order valence-corrected chi connectivity index (χ0v) is 12.3. The van der Waals surface area contributed by atoms with Gasteiger partial charge in [0, 0.05) is 37.5 Å². The van der Waals surface area contributed by atoms with Gasteiger partial charge in [0.15, 0.2) is 0 Å². The molecule has 2 heterocycles. The van der Waals surface area contributed by atoms with Crippen molar-refractivity contribution in [1.82, 2.24) is 9.80 Å². The lowest BCUT2D eigenvalue weighted by Gasteiger charge is -2.48. The second kappa shape index (κ2) is 6.68. The summed E-state index contributed by atoms with van der Waals surface area (Å²) in [7, 11) is 0. The summed E-state index contributed by atoms with van der Waals surface area (Å²) in [6.07, 6.45) is 4.78. The topological polar surface area (TPSA) is 6.48 Å². The average molecular weight is 296 g/mol. The predicted octanol–water partition coefficient (Wildman–Crippen LogP) is 3.19. The number of rotatable bonds is 4. The van der Waals surface area contributed by atoms with Crippen molar-refractivity contribution in [2.24, 2.45) is 0 Å². The zero-order chi connectivity index (χ0) is 13.9. The molecule has 19 heavy (non-hydrogen) atoms. The number of fused-ring (bicyclic) bond motifs is 1. The van der Waals surface area contributed by atoms with Gasteiger partial charge in [-0.25, -0.2) is 0 Å². The number of nitrogens with zero attached hydrogens (tertiary/aromatic N) is 2. The molecule has 2 aliphatic heterocycles. The molecule has 0 saturated carbocycles. The first-order chi connectivity index (χ1) is 8.99. The smallest absolute Gasteiger partial charge is 0.298 e. The Labute approximate surface area is 117 Å². The lowest BCUT2D eigenvalue weighted by atomic mass is 9.96. The van der Waals surface area contributed by atoms with E-state index in [1.165, 1.54) is 25.8 Å². The lowest BCUT2D eigenvalue weighted by molar-refractivity contribution is -0.0332. The van der Waals surface area contributed by atoms with Crippen LogP contribution in [0.4, 0.5) is 13.2 Å². The third-order valence-corrected chi connectivity index (χ3v) is 4.99. The van der Waals surface area contributed by atoms with Crippen LogP contribution in [0.1, 0.15) is 32.6 Å². The summed E-state index contributed by atoms with van der Waals surface area (Å²) >= 11 is 0.114. The third kappa shape index (κ3) is 4.53. The average Bonchev–Trinajstić information content (AvgIpc) is 2.36. The molecular weight excluding hydrogens is 273 g/mol. The van der Waals surface area contributed by atoms with Gasteiger partial charge >= 0.3 is 5.51 Å². The first-order valence-electron chi connectivity index (χ1n) is 7.18. The third-order valence-electron chi connectivity index (χ3n) is 4.27. The molecule has 2 nitrogen and oxygen atoms in total. The van der Waals surface area contributed by atoms with Gasteiger partial charge in [0.1, 0.15) is 0 Å². The normalized spacial score (nSPS) is 30.3. The maximum absolute atomic E-state index is 12.2. The predicted molar refractivity (Wildman–Crippen MR) is 73.4 cm³/mol. The molecule has 2 saturated heterocycles. The molecule has 0 amide bonds. The van der Waals surface area contributed by atoms with Crippen molar-refractivity contribution in [2.45, 2.75) is 50.2 Å². The number of piperazine rings is 1. The zero-order valence-electron chi connectivity index (χ0n) is 11.5. The first-order valence-corrected chi connectivity index (χ1v) is 8.17. The van der Waals surface area contributed by atoms with Crippen molar-refractivity contribution in [3.8, 4) is 0 Å². The summed E-state index contributed by atoms with van der Waals surface area (Å²) in [5.74, 6) is 0.159. The van der Waals surface area contributed by atoms with E-state index in [9.17, 15) is 13.2 Å². The van der Waals surface area contributed by atoms with Crippen molar-refractivity contribution < 1.29 is 13.2 Å². The van der Waals surface area contributed by atoms with Crippen LogP contribution in [0.2, 0.25) is 0 Å². The molecule has 0 aromatic rings. The van der Waals surface area contributed by atoms with Crippen molar-refractivity contribution in [3.05, 3.63) is 0 Å². The number of hydrogen-bond donors (Lipinski definition) is 0. The summed E-state index contributed by atoms with van der Waals surface area (Å²) in [5, 5.41) is 0. The number of piperidine rings is 1. The van der Waals surface area contributed by atoms with E-state index in [2.05, 4.69) is 16.7 Å². The number of alkyl halides is 3. The Kier molecular flexibility index (Phi) is 5.43. The molecule has 0 N–H and O–H groups in total. The largest absolute Gasteiger partial charge is 0.441 e. The monoisotopic (exact) mass is 296 g/mol. The Morgan fingerprint density at radius 1 is 1.21 bits per heavy atom. The van der Waals surface area contributed by atoms with Crippen LogP contribution in [0, 0.1) is 0 Å². The highest BCUT2D eigenvalue weighted by atomic mass is 32.2. The summed E-state index contributed by atoms with van der Waals surface area (Å²) in [5.41, 5.74) is -4.09. The van der Waals surface area contributed by atoms with Crippen molar-refractivity contribution in [1.29, 1.82) is 0 Å². The second-order valence-electron chi connectivity index (χ2n) is 5.50. The Balaban J connectivity index is 1.84. The summed E-state index contributed by atoms with van der Waals surface area (Å²) in [4.78, 5) is 4.83. The van der Waals surface area contributed by atoms with Crippen LogP contribution < -0.4 is 0 Å². The van der Waals surface area contributed by atoms with Gasteiger partial charge < -0.3 is 0 Å². The highest BCUT2D eigenvalue weighted by molar-refractivity contribution is 8.00. The van der Waals surface area contributed by atoms with E-state index in [1.807, 2.05) is 0 Å². The van der Waals surface area contributed by atoms with E-state index < -0.39 is 5.51 Å². The molecule has 0 bridgehead atoms. The van der Waals surface area contributed by atoms with Gasteiger partial charge in [-0.2, -0.15) is 13.2 Å². The lowest BCUT2D eigenvalue weighted by Crippen LogP contribution is -2.59. The van der Waals surface area contributed by atoms with Crippen LogP contribution in [-0.4, -0.2) is 59.3 Å². The molecule has 2 atom stereocenters. The minimum absolute atomic E-state index is 0.114. The Morgan fingerprint density at radius 2 is 2.00 bits per heavy atom. The molecule has 0 radical (unpaired) electrons. The van der Waals surface area contributed by atoms with Gasteiger partial charge in [-0.15, -0.1) is 0 Å². The quantitative estimate of drug-likeness (QED) is 0.787. The fraction of sp³-hybridized carbons (Fsp3) is 1.00. The molecule has 0 aliphatic carbocycles. The van der Waals surface area contributed by atoms with Crippen molar-refractivity contribution in [2.75, 3.05) is 31.9 Å². The molecule has 0 aromatic carbocycles. The molecule has 0 spiro atoms. The summed E-state index contributed by atoms with van der Waals surface area (Å²) < 4.78 is 36.6. The highest BCUT2D eigenvalue weighted by Gasteiger charge is 2.35. The first kappa shape index (κ1) is 15.4. The van der Waals surface area contributed by atoms with E-state index in [0.717, 1.165) is 19.5 Å². The van der Waals surface area contributed by atoms with Gasteiger partial charge in [0.25, 0.3) is 0 Å². The minimum atomic E-state index is -4.09. The molecule has 6 heteroatoms. The van der Waals surface area contributed by atoms with E-state index in [1.54, 1.807) is 0 Å². The van der Waals surface area contributed by atoms with Gasteiger partial charge in [-0.1, -0.05) is 13.3 Å². The molecule has 2 rings (SSSR count). The Bertz CT molecular complexity index is 286. The fourth-order valence-corrected chi connectivity index (χ4v) is 3.81. The SMILES string of the molecule is CCC1CN2CCCCC2CN1CCSC(F)(F)F. The maximum atomic E-state index is 12.2. The van der Waals surface area contributed by atoms with Gasteiger partial charge in [0.05, 0.1) is 0 Å². The van der Waals surface area contributed by atoms with E-state index >= 15 is 0 Å². The second-order valence-corrected chi connectivity index (χ2v) is 6.66. The standard InChI is InChI=1S/C13H23F3N2S/c1-2-11-9-17-6-4-3-5-12(17)10-18(11)7-8-19-13(14,15)16/h11-12H,2-10H2,1H3. The van der Waals surface area contributed by atoms with Crippen LogP contribution in [0.3, 0.4) is 0 Å². The van der Waals surface area contributed by atoms with Crippen molar-refractivity contribution in [3.63, 3.8) is 0 Å². The number of hydrogen-bond acceptors (Lipinski definition) is 3. The fourth-order valence-electron chi connectivity index (χ4n) is 3.25. The van der Waals surface area contributed by atoms with E-state index in [4.69, 9.17) is 0 Å².